The van der Waals surface area contributed by atoms with E-state index in [9.17, 15) is 13.2 Å². The van der Waals surface area contributed by atoms with Crippen LogP contribution in [0.25, 0.3) is 0 Å². The van der Waals surface area contributed by atoms with Gasteiger partial charge in [-0.1, -0.05) is 0 Å². The van der Waals surface area contributed by atoms with Gasteiger partial charge in [0.15, 0.2) is 0 Å². The maximum Gasteiger partial charge on any atom is 0.223 e. The van der Waals surface area contributed by atoms with E-state index in [1.54, 1.807) is 0 Å². The first kappa shape index (κ1) is 16.7. The summed E-state index contributed by atoms with van der Waals surface area (Å²) in [6.07, 6.45) is 3.13. The minimum atomic E-state index is -3.24. The molecule has 0 aromatic rings. The van der Waals surface area contributed by atoms with Crippen LogP contribution in [0.4, 0.5) is 0 Å². The number of ether oxygens (including phenoxy) is 1. The fourth-order valence-corrected chi connectivity index (χ4v) is 3.15. The standard InChI is InChI=1S/C13H25N3O4S/c1-21(18,19)16(5-4-14-13(17)12-2-3-12)7-6-15-8-10-20-11-9-15/h12H,2-11H2,1H3,(H,14,17). The predicted octanol–water partition coefficient (Wildman–Crippen LogP) is -0.894. The Morgan fingerprint density at radius 1 is 1.29 bits per heavy atom. The SMILES string of the molecule is CS(=O)(=O)N(CCNC(=O)C1CC1)CCN1CCOCC1. The molecular weight excluding hydrogens is 294 g/mol. The van der Waals surface area contributed by atoms with E-state index in [0.29, 0.717) is 39.4 Å². The average Bonchev–Trinajstić information content (AvgIpc) is 3.26. The molecule has 2 rings (SSSR count). The molecule has 2 aliphatic rings. The molecule has 0 atom stereocenters. The van der Waals surface area contributed by atoms with E-state index >= 15 is 0 Å². The Morgan fingerprint density at radius 2 is 1.95 bits per heavy atom. The molecule has 7 nitrogen and oxygen atoms in total. The summed E-state index contributed by atoms with van der Waals surface area (Å²) in [6, 6.07) is 0. The van der Waals surface area contributed by atoms with Crippen molar-refractivity contribution < 1.29 is 17.9 Å². The highest BCUT2D eigenvalue weighted by atomic mass is 32.2. The van der Waals surface area contributed by atoms with Crippen LogP contribution in [0.2, 0.25) is 0 Å². The van der Waals surface area contributed by atoms with Gasteiger partial charge >= 0.3 is 0 Å². The van der Waals surface area contributed by atoms with E-state index in [4.69, 9.17) is 4.74 Å². The largest absolute Gasteiger partial charge is 0.379 e. The Labute approximate surface area is 126 Å². The van der Waals surface area contributed by atoms with Gasteiger partial charge in [-0.2, -0.15) is 4.31 Å². The lowest BCUT2D eigenvalue weighted by atomic mass is 10.4. The summed E-state index contributed by atoms with van der Waals surface area (Å²) < 4.78 is 30.3. The number of nitrogens with zero attached hydrogens (tertiary/aromatic N) is 2. The Morgan fingerprint density at radius 3 is 2.52 bits per heavy atom. The van der Waals surface area contributed by atoms with Crippen LogP contribution < -0.4 is 5.32 Å². The van der Waals surface area contributed by atoms with Crippen molar-refractivity contribution in [3.05, 3.63) is 0 Å². The third kappa shape index (κ3) is 5.90. The van der Waals surface area contributed by atoms with Crippen LogP contribution in [0.15, 0.2) is 0 Å². The molecule has 0 unspecified atom stereocenters. The smallest absolute Gasteiger partial charge is 0.223 e. The summed E-state index contributed by atoms with van der Waals surface area (Å²) in [7, 11) is -3.24. The highest BCUT2D eigenvalue weighted by molar-refractivity contribution is 7.88. The second-order valence-electron chi connectivity index (χ2n) is 5.68. The summed E-state index contributed by atoms with van der Waals surface area (Å²) in [4.78, 5) is 13.7. The monoisotopic (exact) mass is 319 g/mol. The van der Waals surface area contributed by atoms with Crippen molar-refractivity contribution in [2.24, 2.45) is 5.92 Å². The second-order valence-corrected chi connectivity index (χ2v) is 7.66. The van der Waals surface area contributed by atoms with E-state index in [1.165, 1.54) is 10.6 Å². The molecule has 1 saturated carbocycles. The zero-order valence-electron chi connectivity index (χ0n) is 12.6. The highest BCUT2D eigenvalue weighted by Crippen LogP contribution is 2.28. The average molecular weight is 319 g/mol. The maximum absolute atomic E-state index is 11.8. The van der Waals surface area contributed by atoms with Gasteiger partial charge in [0, 0.05) is 45.2 Å². The molecule has 1 saturated heterocycles. The summed E-state index contributed by atoms with van der Waals surface area (Å²) in [5, 5.41) is 2.81. The molecule has 1 N–H and O–H groups in total. The first-order valence-corrected chi connectivity index (χ1v) is 9.34. The highest BCUT2D eigenvalue weighted by Gasteiger charge is 2.29. The molecule has 8 heteroatoms. The normalized spacial score (nSPS) is 20.7. The summed E-state index contributed by atoms with van der Waals surface area (Å²) >= 11 is 0. The quantitative estimate of drug-likeness (QED) is 0.628. The van der Waals surface area contributed by atoms with E-state index < -0.39 is 10.0 Å². The summed E-state index contributed by atoms with van der Waals surface area (Å²) in [5.41, 5.74) is 0. The zero-order valence-corrected chi connectivity index (χ0v) is 13.4. The van der Waals surface area contributed by atoms with Crippen molar-refractivity contribution in [1.29, 1.82) is 0 Å². The molecule has 122 valence electrons. The predicted molar refractivity (Wildman–Crippen MR) is 79.4 cm³/mol. The topological polar surface area (TPSA) is 79.0 Å². The van der Waals surface area contributed by atoms with Crippen molar-refractivity contribution in [3.8, 4) is 0 Å². The number of nitrogens with one attached hydrogen (secondary N) is 1. The lowest BCUT2D eigenvalue weighted by Gasteiger charge is -2.29. The fourth-order valence-electron chi connectivity index (χ4n) is 2.31. The number of carbonyl (C=O) groups is 1. The van der Waals surface area contributed by atoms with E-state index in [2.05, 4.69) is 10.2 Å². The molecule has 21 heavy (non-hydrogen) atoms. The number of carbonyl (C=O) groups excluding carboxylic acids is 1. The molecule has 0 spiro atoms. The molecule has 0 bridgehead atoms. The molecule has 0 aromatic heterocycles. The van der Waals surface area contributed by atoms with Crippen LogP contribution in [0.1, 0.15) is 12.8 Å². The molecule has 1 amide bonds. The van der Waals surface area contributed by atoms with Crippen molar-refractivity contribution >= 4 is 15.9 Å². The van der Waals surface area contributed by atoms with Crippen LogP contribution in [-0.4, -0.2) is 82.3 Å². The van der Waals surface area contributed by atoms with E-state index in [-0.39, 0.29) is 11.8 Å². The summed E-state index contributed by atoms with van der Waals surface area (Å²) in [6.45, 7) is 4.97. The Bertz CT molecular complexity index is 444. The molecule has 1 aliphatic carbocycles. The minimum absolute atomic E-state index is 0.0524. The van der Waals surface area contributed by atoms with Gasteiger partial charge in [0.25, 0.3) is 0 Å². The van der Waals surface area contributed by atoms with Gasteiger partial charge in [-0.3, -0.25) is 9.69 Å². The van der Waals surface area contributed by atoms with E-state index in [0.717, 1.165) is 25.9 Å². The third-order valence-electron chi connectivity index (χ3n) is 3.85. The van der Waals surface area contributed by atoms with Crippen molar-refractivity contribution in [2.75, 3.05) is 58.7 Å². The van der Waals surface area contributed by atoms with Gasteiger partial charge in [0.1, 0.15) is 0 Å². The lowest BCUT2D eigenvalue weighted by molar-refractivity contribution is -0.122. The van der Waals surface area contributed by atoms with E-state index in [1.807, 2.05) is 0 Å². The van der Waals surface area contributed by atoms with Crippen molar-refractivity contribution in [1.82, 2.24) is 14.5 Å². The number of hydrogen-bond donors (Lipinski definition) is 1. The van der Waals surface area contributed by atoms with Gasteiger partial charge in [-0.05, 0) is 12.8 Å². The van der Waals surface area contributed by atoms with Crippen molar-refractivity contribution in [2.45, 2.75) is 12.8 Å². The number of hydrogen-bond acceptors (Lipinski definition) is 5. The maximum atomic E-state index is 11.8. The summed E-state index contributed by atoms with van der Waals surface area (Å²) in [5.74, 6) is 0.210. The molecule has 1 aliphatic heterocycles. The Hall–Kier alpha value is -0.700. The van der Waals surface area contributed by atoms with Crippen LogP contribution in [0.5, 0.6) is 0 Å². The van der Waals surface area contributed by atoms with Crippen LogP contribution in [-0.2, 0) is 19.6 Å². The van der Waals surface area contributed by atoms with Gasteiger partial charge in [0.2, 0.25) is 15.9 Å². The Balaban J connectivity index is 1.73. The van der Waals surface area contributed by atoms with Gasteiger partial charge in [0.05, 0.1) is 19.5 Å². The molecule has 1 heterocycles. The van der Waals surface area contributed by atoms with Crippen LogP contribution in [0.3, 0.4) is 0 Å². The van der Waals surface area contributed by atoms with Gasteiger partial charge in [-0.25, -0.2) is 8.42 Å². The van der Waals surface area contributed by atoms with Crippen molar-refractivity contribution in [3.63, 3.8) is 0 Å². The first-order valence-electron chi connectivity index (χ1n) is 7.50. The zero-order chi connectivity index (χ0) is 15.3. The van der Waals surface area contributed by atoms with Crippen LogP contribution in [0, 0.1) is 5.92 Å². The molecule has 0 aromatic carbocycles. The van der Waals surface area contributed by atoms with Gasteiger partial charge in [-0.15, -0.1) is 0 Å². The molecule has 0 radical (unpaired) electrons. The molecular formula is C13H25N3O4S. The second kappa shape index (κ2) is 7.53. The Kier molecular flexibility index (Phi) is 5.98. The first-order chi connectivity index (χ1) is 9.97. The minimum Gasteiger partial charge on any atom is -0.379 e. The number of morpholine rings is 1. The van der Waals surface area contributed by atoms with Crippen LogP contribution >= 0.6 is 0 Å². The number of sulfonamides is 1. The lowest BCUT2D eigenvalue weighted by Crippen LogP contribution is -2.45. The third-order valence-corrected chi connectivity index (χ3v) is 5.15. The number of rotatable bonds is 8. The number of amides is 1. The van der Waals surface area contributed by atoms with Gasteiger partial charge < -0.3 is 10.1 Å². The molecule has 2 fully saturated rings. The fraction of sp³-hybridized carbons (Fsp3) is 0.923.